The third-order valence-corrected chi connectivity index (χ3v) is 3.52. The minimum atomic E-state index is -0.260. The van der Waals surface area contributed by atoms with E-state index in [1.807, 2.05) is 19.1 Å². The van der Waals surface area contributed by atoms with E-state index in [2.05, 4.69) is 42.7 Å². The van der Waals surface area contributed by atoms with Gasteiger partial charge in [0.25, 0.3) is 5.91 Å². The standard InChI is InChI=1S/C16H21N3O2/c1-10-5-6-11(16(2,3)4)9-13(10)17-15(21)12-7-8-14(20)19-18-12/h5-6,9H,7-8H2,1-4H3,(H,17,21)(H,19,20). The van der Waals surface area contributed by atoms with Crippen LogP contribution in [0.4, 0.5) is 5.69 Å². The SMILES string of the molecule is Cc1ccc(C(C)(C)C)cc1NC(=O)C1=NNC(=O)CC1. The topological polar surface area (TPSA) is 70.6 Å². The highest BCUT2D eigenvalue weighted by molar-refractivity contribution is 6.43. The number of carbonyl (C=O) groups excluding carboxylic acids is 2. The zero-order chi connectivity index (χ0) is 15.6. The molecule has 0 radical (unpaired) electrons. The van der Waals surface area contributed by atoms with Crippen LogP contribution in [0, 0.1) is 6.92 Å². The maximum absolute atomic E-state index is 12.2. The molecule has 0 atom stereocenters. The zero-order valence-corrected chi connectivity index (χ0v) is 12.9. The predicted octanol–water partition coefficient (Wildman–Crippen LogP) is 2.50. The highest BCUT2D eigenvalue weighted by atomic mass is 16.2. The molecule has 0 saturated heterocycles. The van der Waals surface area contributed by atoms with E-state index in [0.29, 0.717) is 18.6 Å². The first kappa shape index (κ1) is 15.2. The van der Waals surface area contributed by atoms with Crippen molar-refractivity contribution in [3.05, 3.63) is 29.3 Å². The van der Waals surface area contributed by atoms with Gasteiger partial charge < -0.3 is 5.32 Å². The molecule has 2 N–H and O–H groups in total. The molecular formula is C16H21N3O2. The van der Waals surface area contributed by atoms with Gasteiger partial charge in [0.15, 0.2) is 0 Å². The van der Waals surface area contributed by atoms with Crippen LogP contribution in [0.5, 0.6) is 0 Å². The second-order valence-electron chi connectivity index (χ2n) is 6.33. The van der Waals surface area contributed by atoms with E-state index in [9.17, 15) is 9.59 Å². The van der Waals surface area contributed by atoms with Gasteiger partial charge in [0, 0.05) is 18.5 Å². The van der Waals surface area contributed by atoms with E-state index in [4.69, 9.17) is 0 Å². The summed E-state index contributed by atoms with van der Waals surface area (Å²) in [5, 5.41) is 6.70. The number of amides is 2. The Balaban J connectivity index is 2.19. The van der Waals surface area contributed by atoms with Crippen LogP contribution in [0.25, 0.3) is 0 Å². The van der Waals surface area contributed by atoms with Gasteiger partial charge in [-0.2, -0.15) is 5.10 Å². The third-order valence-electron chi connectivity index (χ3n) is 3.52. The number of rotatable bonds is 2. The molecule has 0 aromatic heterocycles. The predicted molar refractivity (Wildman–Crippen MR) is 83.3 cm³/mol. The normalized spacial score (nSPS) is 15.2. The number of hydrogen-bond acceptors (Lipinski definition) is 3. The zero-order valence-electron chi connectivity index (χ0n) is 12.9. The Bertz CT molecular complexity index is 612. The largest absolute Gasteiger partial charge is 0.321 e. The fraction of sp³-hybridized carbons (Fsp3) is 0.438. The van der Waals surface area contributed by atoms with Crippen LogP contribution in [-0.2, 0) is 15.0 Å². The second kappa shape index (κ2) is 5.68. The Hall–Kier alpha value is -2.17. The molecule has 1 heterocycles. The number of aryl methyl sites for hydroxylation is 1. The fourth-order valence-electron chi connectivity index (χ4n) is 2.06. The quantitative estimate of drug-likeness (QED) is 0.877. The first-order valence-electron chi connectivity index (χ1n) is 7.05. The summed E-state index contributed by atoms with van der Waals surface area (Å²) in [6.07, 6.45) is 0.670. The molecule has 0 spiro atoms. The van der Waals surface area contributed by atoms with Gasteiger partial charge in [-0.05, 0) is 29.5 Å². The van der Waals surface area contributed by atoms with E-state index in [-0.39, 0.29) is 17.2 Å². The summed E-state index contributed by atoms with van der Waals surface area (Å²) >= 11 is 0. The third kappa shape index (κ3) is 3.68. The van der Waals surface area contributed by atoms with E-state index >= 15 is 0 Å². The second-order valence-corrected chi connectivity index (χ2v) is 6.33. The van der Waals surface area contributed by atoms with Gasteiger partial charge in [-0.15, -0.1) is 0 Å². The van der Waals surface area contributed by atoms with Crippen molar-refractivity contribution in [3.63, 3.8) is 0 Å². The monoisotopic (exact) mass is 287 g/mol. The Labute approximate surface area is 124 Å². The summed E-state index contributed by atoms with van der Waals surface area (Å²) in [5.74, 6) is -0.415. The molecule has 21 heavy (non-hydrogen) atoms. The molecule has 0 fully saturated rings. The molecule has 1 aromatic carbocycles. The van der Waals surface area contributed by atoms with Crippen molar-refractivity contribution < 1.29 is 9.59 Å². The van der Waals surface area contributed by atoms with Crippen molar-refractivity contribution in [2.75, 3.05) is 5.32 Å². The van der Waals surface area contributed by atoms with Crippen LogP contribution in [0.3, 0.4) is 0 Å². The highest BCUT2D eigenvalue weighted by Crippen LogP contribution is 2.27. The van der Waals surface area contributed by atoms with Crippen LogP contribution in [0.1, 0.15) is 44.7 Å². The van der Waals surface area contributed by atoms with Gasteiger partial charge in [-0.3, -0.25) is 9.59 Å². The molecule has 2 amide bonds. The first-order chi connectivity index (χ1) is 9.77. The van der Waals surface area contributed by atoms with Gasteiger partial charge in [0.05, 0.1) is 0 Å². The van der Waals surface area contributed by atoms with Crippen LogP contribution in [0.15, 0.2) is 23.3 Å². The van der Waals surface area contributed by atoms with Crippen LogP contribution < -0.4 is 10.7 Å². The van der Waals surface area contributed by atoms with Gasteiger partial charge in [0.2, 0.25) is 5.91 Å². The fourth-order valence-corrected chi connectivity index (χ4v) is 2.06. The van der Waals surface area contributed by atoms with Crippen LogP contribution in [0.2, 0.25) is 0 Å². The molecule has 0 unspecified atom stereocenters. The molecular weight excluding hydrogens is 266 g/mol. The lowest BCUT2D eigenvalue weighted by atomic mass is 9.86. The van der Waals surface area contributed by atoms with Crippen LogP contribution >= 0.6 is 0 Å². The number of nitrogens with one attached hydrogen (secondary N) is 2. The average Bonchev–Trinajstić information content (AvgIpc) is 2.40. The van der Waals surface area contributed by atoms with E-state index in [0.717, 1.165) is 16.8 Å². The van der Waals surface area contributed by atoms with Gasteiger partial charge in [-0.1, -0.05) is 32.9 Å². The lowest BCUT2D eigenvalue weighted by Crippen LogP contribution is -2.33. The number of nitrogens with zero attached hydrogens (tertiary/aromatic N) is 1. The van der Waals surface area contributed by atoms with E-state index in [1.165, 1.54) is 0 Å². The van der Waals surface area contributed by atoms with E-state index in [1.54, 1.807) is 0 Å². The Morgan fingerprint density at radius 3 is 2.57 bits per heavy atom. The Morgan fingerprint density at radius 2 is 2.00 bits per heavy atom. The van der Waals surface area contributed by atoms with E-state index < -0.39 is 0 Å². The Kier molecular flexibility index (Phi) is 4.11. The van der Waals surface area contributed by atoms with Crippen molar-refractivity contribution >= 4 is 23.2 Å². The molecule has 112 valence electrons. The summed E-state index contributed by atoms with van der Waals surface area (Å²) in [4.78, 5) is 23.2. The molecule has 1 aliphatic heterocycles. The maximum atomic E-state index is 12.2. The summed E-state index contributed by atoms with van der Waals surface area (Å²) < 4.78 is 0. The molecule has 0 saturated carbocycles. The van der Waals surface area contributed by atoms with Crippen LogP contribution in [-0.4, -0.2) is 17.5 Å². The molecule has 1 aromatic rings. The van der Waals surface area contributed by atoms with Crippen molar-refractivity contribution in [2.45, 2.75) is 46.0 Å². The average molecular weight is 287 g/mol. The minimum Gasteiger partial charge on any atom is -0.321 e. The summed E-state index contributed by atoms with van der Waals surface area (Å²) in [5.41, 5.74) is 5.65. The molecule has 5 nitrogen and oxygen atoms in total. The van der Waals surface area contributed by atoms with Gasteiger partial charge >= 0.3 is 0 Å². The first-order valence-corrected chi connectivity index (χ1v) is 7.05. The lowest BCUT2D eigenvalue weighted by molar-refractivity contribution is -0.121. The van der Waals surface area contributed by atoms with Gasteiger partial charge in [0.1, 0.15) is 5.71 Å². The van der Waals surface area contributed by atoms with Crippen molar-refractivity contribution in [1.29, 1.82) is 0 Å². The smallest absolute Gasteiger partial charge is 0.271 e. The summed E-state index contributed by atoms with van der Waals surface area (Å²) in [7, 11) is 0. The minimum absolute atomic E-state index is 0.0174. The molecule has 1 aliphatic rings. The molecule has 0 aliphatic carbocycles. The number of hydrazone groups is 1. The molecule has 0 bridgehead atoms. The Morgan fingerprint density at radius 1 is 1.29 bits per heavy atom. The number of carbonyl (C=O) groups is 2. The van der Waals surface area contributed by atoms with Crippen molar-refractivity contribution in [2.24, 2.45) is 5.10 Å². The van der Waals surface area contributed by atoms with Gasteiger partial charge in [-0.25, -0.2) is 5.43 Å². The summed E-state index contributed by atoms with van der Waals surface area (Å²) in [6.45, 7) is 8.34. The number of benzene rings is 1. The molecule has 2 rings (SSSR count). The maximum Gasteiger partial charge on any atom is 0.271 e. The lowest BCUT2D eigenvalue weighted by Gasteiger charge is -2.21. The highest BCUT2D eigenvalue weighted by Gasteiger charge is 2.20. The number of anilines is 1. The summed E-state index contributed by atoms with van der Waals surface area (Å²) in [6, 6.07) is 6.07. The van der Waals surface area contributed by atoms with Crippen molar-refractivity contribution in [1.82, 2.24) is 5.43 Å². The van der Waals surface area contributed by atoms with Crippen molar-refractivity contribution in [3.8, 4) is 0 Å². The number of hydrogen-bond donors (Lipinski definition) is 2. The molecule has 5 heteroatoms.